The average molecular weight is 1490 g/mol. The van der Waals surface area contributed by atoms with Gasteiger partial charge in [0.25, 0.3) is 11.4 Å². The summed E-state index contributed by atoms with van der Waals surface area (Å²) in [4.78, 5) is 143. The quantitative estimate of drug-likeness (QED) is 0.0567. The molecular formula is C64H76Cl4N12O21. The van der Waals surface area contributed by atoms with Crippen LogP contribution in [0, 0.1) is 27.2 Å². The number of rotatable bonds is 15. The highest BCUT2D eigenvalue weighted by atomic mass is 35.5. The van der Waals surface area contributed by atoms with Crippen molar-refractivity contribution >= 4 is 146 Å². The third-order valence-electron chi connectivity index (χ3n) is 12.5. The molecule has 6 aromatic rings. The maximum Gasteiger partial charge on any atom is 0.423 e. The van der Waals surface area contributed by atoms with Crippen LogP contribution in [0.2, 0.25) is 20.1 Å². The summed E-state index contributed by atoms with van der Waals surface area (Å²) in [6.07, 6.45) is -2.11. The van der Waals surface area contributed by atoms with E-state index in [1.54, 1.807) is 96.1 Å². The molecule has 1 N–H and O–H groups in total. The molecule has 0 spiro atoms. The third kappa shape index (κ3) is 21.8. The topological polar surface area (TPSA) is 388 Å². The fourth-order valence-electron chi connectivity index (χ4n) is 8.28. The van der Waals surface area contributed by atoms with E-state index in [2.05, 4.69) is 19.9 Å². The van der Waals surface area contributed by atoms with Gasteiger partial charge in [-0.3, -0.25) is 30.0 Å². The van der Waals surface area contributed by atoms with Crippen LogP contribution in [0.15, 0.2) is 73.3 Å². The van der Waals surface area contributed by atoms with Gasteiger partial charge in [-0.05, 0) is 113 Å². The number of nitro benzene ring substituents is 2. The molecule has 8 amide bonds. The second-order valence-corrected chi connectivity index (χ2v) is 26.0. The number of methoxy groups -OCH3 is 4. The van der Waals surface area contributed by atoms with E-state index in [9.17, 15) is 54.1 Å². The number of aromatic nitrogens is 4. The van der Waals surface area contributed by atoms with E-state index in [1.165, 1.54) is 85.0 Å². The lowest BCUT2D eigenvalue weighted by molar-refractivity contribution is -0.384. The van der Waals surface area contributed by atoms with E-state index in [4.69, 9.17) is 93.9 Å². The zero-order chi connectivity index (χ0) is 76.0. The highest BCUT2D eigenvalue weighted by molar-refractivity contribution is 6.44. The van der Waals surface area contributed by atoms with Crippen molar-refractivity contribution in [3.8, 4) is 23.0 Å². The van der Waals surface area contributed by atoms with Gasteiger partial charge in [0.1, 0.15) is 124 Å². The Morgan fingerprint density at radius 3 is 1.06 bits per heavy atom. The minimum Gasteiger partial charge on any atom is -0.495 e. The summed E-state index contributed by atoms with van der Waals surface area (Å²) in [6.45, 7) is 20.4. The summed E-state index contributed by atoms with van der Waals surface area (Å²) in [5, 5.41) is 32.9. The number of amides is 8. The summed E-state index contributed by atoms with van der Waals surface area (Å²) in [7, 11) is 7.79. The number of aryl methyl sites for hydroxylation is 1. The van der Waals surface area contributed by atoms with Crippen molar-refractivity contribution in [3.05, 3.63) is 125 Å². The fourth-order valence-corrected chi connectivity index (χ4v) is 9.62. The van der Waals surface area contributed by atoms with Crippen LogP contribution < -0.4 is 48.3 Å². The Labute approximate surface area is 600 Å². The number of aliphatic hydroxyl groups excluding tert-OH is 1. The number of hydrogen-bond donors (Lipinski definition) is 1. The van der Waals surface area contributed by atoms with E-state index in [-0.39, 0.29) is 108 Å². The Balaban J connectivity index is 0.000000501. The van der Waals surface area contributed by atoms with Gasteiger partial charge in [0.15, 0.2) is 0 Å². The highest BCUT2D eigenvalue weighted by Gasteiger charge is 2.41. The Morgan fingerprint density at radius 2 is 0.772 bits per heavy atom. The minimum absolute atomic E-state index is 0. The van der Waals surface area contributed by atoms with Crippen LogP contribution in [0.5, 0.6) is 23.0 Å². The first-order chi connectivity index (χ1) is 46.4. The predicted octanol–water partition coefficient (Wildman–Crippen LogP) is 15.4. The molecule has 0 atom stereocenters. The molecule has 546 valence electrons. The molecule has 0 aliphatic heterocycles. The number of urea groups is 2. The smallest absolute Gasteiger partial charge is 0.423 e. The molecule has 2 heterocycles. The second kappa shape index (κ2) is 35.1. The number of imide groups is 2. The summed E-state index contributed by atoms with van der Waals surface area (Å²) < 4.78 is 43.4. The van der Waals surface area contributed by atoms with Crippen molar-refractivity contribution in [1.82, 2.24) is 19.9 Å². The van der Waals surface area contributed by atoms with Gasteiger partial charge in [0, 0.05) is 50.5 Å². The van der Waals surface area contributed by atoms with E-state index >= 15 is 0 Å². The van der Waals surface area contributed by atoms with Gasteiger partial charge in [0.2, 0.25) is 0 Å². The van der Waals surface area contributed by atoms with Gasteiger partial charge in [-0.15, -0.1) is 0 Å². The molecule has 33 nitrogen and oxygen atoms in total. The Hall–Kier alpha value is -10.4. The number of carbonyl (C=O) groups is 6. The fraction of sp³-hybridized carbons (Fsp3) is 0.391. The van der Waals surface area contributed by atoms with Gasteiger partial charge < -0.3 is 43.0 Å². The molecule has 4 aromatic carbocycles. The third-order valence-corrected chi connectivity index (χ3v) is 13.9. The standard InChI is InChI=1S/C31H36Cl2N6O10.C31H36Cl2N6O9.CO2.CH4/c1-30(2,3)48-28(42)37(18-11-10-17(15-40)12-19(18)39(44)45)23-14-22(34-16-35-23)36(7)27(41)38(29(43)49-31(4,5)6)26-24(32)20(46-8)13-21(47-9)25(26)33;1-17-11-12-18(19(13-17)39(43)44)37(28(41)47-30(2,3)4)23-15-22(34-16-35-23)36(8)27(40)38(29(42)48-31(5,6)7)26-24(32)20(45-9)14-21(46-10)25(26)33;2-1-3;/h10-14,16,40H,15H2,1-9H3;11-16H,1-10H3;;1H4. The van der Waals surface area contributed by atoms with Crippen molar-refractivity contribution in [2.24, 2.45) is 0 Å². The number of hydrogen-bond acceptors (Lipinski definition) is 25. The SMILES string of the molecule is C.COc1cc(OC)c(Cl)c(N(C(=O)OC(C)(C)C)C(=O)N(C)c2cc(N(C(=O)OC(C)(C)C)c3ccc(C)cc3[N+](=O)[O-])ncn2)c1Cl.COc1cc(OC)c(Cl)c(N(C(=O)OC(C)(C)C)C(=O)N(C)c2cc(N(C(=O)OC(C)(C)C)c3ccc(CO)cc3[N+](=O)[O-])ncn2)c1Cl.O=C=O. The van der Waals surface area contributed by atoms with Crippen LogP contribution in [-0.2, 0) is 35.1 Å². The van der Waals surface area contributed by atoms with Crippen molar-refractivity contribution in [1.29, 1.82) is 0 Å². The van der Waals surface area contributed by atoms with Crippen LogP contribution in [0.1, 0.15) is 102 Å². The van der Waals surface area contributed by atoms with Gasteiger partial charge in [-0.1, -0.05) is 66.0 Å². The Bertz CT molecular complexity index is 4060. The Morgan fingerprint density at radius 1 is 0.485 bits per heavy atom. The lowest BCUT2D eigenvalue weighted by atomic mass is 10.1. The van der Waals surface area contributed by atoms with E-state index in [0.29, 0.717) is 15.4 Å². The second-order valence-electron chi connectivity index (χ2n) is 24.5. The zero-order valence-electron chi connectivity index (χ0n) is 57.6. The molecule has 37 heteroatoms. The number of anilines is 8. The number of nitro groups is 2. The molecular weight excluding hydrogens is 1410 g/mol. The molecule has 0 fully saturated rings. The summed E-state index contributed by atoms with van der Waals surface area (Å²) in [5.74, 6) is -0.660. The molecule has 0 bridgehead atoms. The van der Waals surface area contributed by atoms with E-state index in [1.807, 2.05) is 0 Å². The van der Waals surface area contributed by atoms with Gasteiger partial charge in [-0.25, -0.2) is 58.5 Å². The number of halogens is 4. The Kier molecular flexibility index (Phi) is 29.4. The van der Waals surface area contributed by atoms with Crippen molar-refractivity contribution in [2.75, 3.05) is 71.9 Å². The normalized spacial score (nSPS) is 11.0. The van der Waals surface area contributed by atoms with Gasteiger partial charge >= 0.3 is 42.6 Å². The van der Waals surface area contributed by atoms with Crippen LogP contribution in [0.4, 0.5) is 86.2 Å². The molecule has 101 heavy (non-hydrogen) atoms. The number of carbonyl (C=O) groups excluding carboxylic acids is 8. The first-order valence-corrected chi connectivity index (χ1v) is 30.5. The monoisotopic (exact) mass is 1490 g/mol. The molecule has 0 unspecified atom stereocenters. The minimum atomic E-state index is -1.17. The molecule has 2 aromatic heterocycles. The van der Waals surface area contributed by atoms with E-state index < -0.39 is 86.7 Å². The predicted molar refractivity (Wildman–Crippen MR) is 374 cm³/mol. The van der Waals surface area contributed by atoms with Crippen LogP contribution >= 0.6 is 46.4 Å². The molecule has 0 saturated carbocycles. The maximum atomic E-state index is 14.2. The van der Waals surface area contributed by atoms with Crippen molar-refractivity contribution < 1.29 is 91.2 Å². The number of aliphatic hydroxyl groups is 1. The van der Waals surface area contributed by atoms with Crippen LogP contribution in [-0.4, -0.2) is 142 Å². The van der Waals surface area contributed by atoms with Crippen molar-refractivity contribution in [2.45, 2.75) is 126 Å². The number of benzene rings is 4. The largest absolute Gasteiger partial charge is 0.495 e. The zero-order valence-corrected chi connectivity index (χ0v) is 60.6. The summed E-state index contributed by atoms with van der Waals surface area (Å²) >= 11 is 26.4. The lowest BCUT2D eigenvalue weighted by Crippen LogP contribution is -2.48. The van der Waals surface area contributed by atoms with E-state index in [0.717, 1.165) is 44.4 Å². The summed E-state index contributed by atoms with van der Waals surface area (Å²) in [5.41, 5.74) is -5.39. The maximum absolute atomic E-state index is 14.2. The number of nitrogens with zero attached hydrogens (tertiary/aromatic N) is 12. The highest BCUT2D eigenvalue weighted by Crippen LogP contribution is 2.49. The molecule has 0 aliphatic rings. The van der Waals surface area contributed by atoms with Gasteiger partial charge in [0.05, 0.1) is 44.9 Å². The molecule has 0 aliphatic carbocycles. The van der Waals surface area contributed by atoms with Crippen molar-refractivity contribution in [3.63, 3.8) is 0 Å². The van der Waals surface area contributed by atoms with Gasteiger partial charge in [-0.2, -0.15) is 19.4 Å². The molecule has 0 radical (unpaired) electrons. The first kappa shape index (κ1) is 84.8. The lowest BCUT2D eigenvalue weighted by Gasteiger charge is -2.31. The average Bonchev–Trinajstić information content (AvgIpc) is 0.783. The van der Waals surface area contributed by atoms with Crippen LogP contribution in [0.25, 0.3) is 0 Å². The first-order valence-electron chi connectivity index (χ1n) is 29.0. The number of ether oxygens (including phenoxy) is 8. The molecule has 6 rings (SSSR count). The summed E-state index contributed by atoms with van der Waals surface area (Å²) in [6, 6.07) is 10.9. The molecule has 0 saturated heterocycles. The van der Waals surface area contributed by atoms with Crippen LogP contribution in [0.3, 0.4) is 0 Å².